The Labute approximate surface area is 111 Å². The molecule has 0 amide bonds. The summed E-state index contributed by atoms with van der Waals surface area (Å²) in [6.45, 7) is 14.4. The van der Waals surface area contributed by atoms with E-state index in [1.807, 2.05) is 20.8 Å². The van der Waals surface area contributed by atoms with Crippen LogP contribution in [0.4, 0.5) is 0 Å². The number of carbonyl (C=O) groups is 2. The summed E-state index contributed by atoms with van der Waals surface area (Å²) in [6.07, 6.45) is 1.49. The fourth-order valence-electron chi connectivity index (χ4n) is 1.57. The third kappa shape index (κ3) is 8.23. The summed E-state index contributed by atoms with van der Waals surface area (Å²) in [5.41, 5.74) is -0.0809. The van der Waals surface area contributed by atoms with Gasteiger partial charge in [-0.2, -0.15) is 0 Å². The van der Waals surface area contributed by atoms with E-state index in [1.54, 1.807) is 0 Å². The summed E-state index contributed by atoms with van der Waals surface area (Å²) in [7, 11) is 0. The summed E-state index contributed by atoms with van der Waals surface area (Å²) in [6, 6.07) is 0. The average Bonchev–Trinajstić information content (AvgIpc) is 2.15. The number of hydrogen-bond acceptors (Lipinski definition) is 4. The summed E-state index contributed by atoms with van der Waals surface area (Å²) in [4.78, 5) is 22.9. The van der Waals surface area contributed by atoms with Crippen molar-refractivity contribution in [3.05, 3.63) is 0 Å². The predicted octanol–water partition coefficient (Wildman–Crippen LogP) is 2.41. The zero-order chi connectivity index (χ0) is 14.4. The van der Waals surface area contributed by atoms with Gasteiger partial charge in [-0.05, 0) is 41.5 Å². The molecule has 106 valence electrons. The molecule has 1 heterocycles. The largest absolute Gasteiger partial charge is 0.462 e. The van der Waals surface area contributed by atoms with E-state index in [2.05, 4.69) is 30.4 Å². The van der Waals surface area contributed by atoms with Gasteiger partial charge in [-0.25, -0.2) is 0 Å². The Balaban J connectivity index is 0.000000360. The molecule has 1 aliphatic heterocycles. The average molecular weight is 257 g/mol. The number of likely N-dealkylation sites (tertiary alicyclic amines) is 1. The third-order valence-corrected chi connectivity index (χ3v) is 2.67. The molecule has 1 fully saturated rings. The van der Waals surface area contributed by atoms with Crippen molar-refractivity contribution in [2.75, 3.05) is 13.1 Å². The number of piperidine rings is 1. The van der Waals surface area contributed by atoms with Gasteiger partial charge in [0.15, 0.2) is 0 Å². The molecule has 0 aliphatic carbocycles. The van der Waals surface area contributed by atoms with Crippen molar-refractivity contribution in [1.82, 2.24) is 4.90 Å². The molecular formula is C14H27NO3. The molecular weight excluding hydrogens is 230 g/mol. The van der Waals surface area contributed by atoms with Crippen LogP contribution in [-0.2, 0) is 14.3 Å². The molecule has 0 aromatic carbocycles. The standard InChI is InChI=1S/C9H17NO.C5H10O2/c1-9(2,3)10-6-4-8(11)5-7-10;1-5(2,3)7-4-6/h4-7H2,1-3H3;4H,1-3H3. The van der Waals surface area contributed by atoms with Crippen molar-refractivity contribution in [3.8, 4) is 0 Å². The smallest absolute Gasteiger partial charge is 0.293 e. The summed E-state index contributed by atoms with van der Waals surface area (Å²) >= 11 is 0. The van der Waals surface area contributed by atoms with Crippen LogP contribution in [0, 0.1) is 0 Å². The monoisotopic (exact) mass is 257 g/mol. The number of ketones is 1. The van der Waals surface area contributed by atoms with Gasteiger partial charge in [0.25, 0.3) is 6.47 Å². The van der Waals surface area contributed by atoms with Gasteiger partial charge in [-0.3, -0.25) is 14.5 Å². The molecule has 0 saturated carbocycles. The SMILES string of the molecule is CC(C)(C)N1CCC(=O)CC1.CC(C)(C)OC=O. The minimum absolute atomic E-state index is 0.237. The van der Waals surface area contributed by atoms with E-state index >= 15 is 0 Å². The van der Waals surface area contributed by atoms with Gasteiger partial charge in [0, 0.05) is 31.5 Å². The number of ether oxygens (including phenoxy) is 1. The van der Waals surface area contributed by atoms with Gasteiger partial charge >= 0.3 is 0 Å². The van der Waals surface area contributed by atoms with Crippen molar-refractivity contribution in [2.45, 2.75) is 65.5 Å². The Morgan fingerprint density at radius 1 is 1.06 bits per heavy atom. The Morgan fingerprint density at radius 3 is 1.72 bits per heavy atom. The van der Waals surface area contributed by atoms with Crippen LogP contribution in [0.3, 0.4) is 0 Å². The Morgan fingerprint density at radius 2 is 1.50 bits per heavy atom. The molecule has 0 radical (unpaired) electrons. The van der Waals surface area contributed by atoms with Crippen molar-refractivity contribution in [3.63, 3.8) is 0 Å². The maximum Gasteiger partial charge on any atom is 0.293 e. The Bertz CT molecular complexity index is 264. The lowest BCUT2D eigenvalue weighted by Gasteiger charge is -2.37. The minimum atomic E-state index is -0.318. The molecule has 0 unspecified atom stereocenters. The molecule has 1 saturated heterocycles. The molecule has 0 atom stereocenters. The third-order valence-electron chi connectivity index (χ3n) is 2.67. The summed E-state index contributed by atoms with van der Waals surface area (Å²) in [5, 5.41) is 0. The second kappa shape index (κ2) is 6.88. The summed E-state index contributed by atoms with van der Waals surface area (Å²) < 4.78 is 4.55. The first-order valence-corrected chi connectivity index (χ1v) is 6.44. The van der Waals surface area contributed by atoms with Crippen LogP contribution in [0.25, 0.3) is 0 Å². The van der Waals surface area contributed by atoms with Crippen molar-refractivity contribution >= 4 is 12.3 Å². The van der Waals surface area contributed by atoms with Crippen LogP contribution in [0.5, 0.6) is 0 Å². The topological polar surface area (TPSA) is 46.6 Å². The van der Waals surface area contributed by atoms with E-state index in [1.165, 1.54) is 0 Å². The normalized spacial score (nSPS) is 17.8. The fourth-order valence-corrected chi connectivity index (χ4v) is 1.57. The highest BCUT2D eigenvalue weighted by molar-refractivity contribution is 5.79. The first-order chi connectivity index (χ1) is 8.06. The highest BCUT2D eigenvalue weighted by Gasteiger charge is 2.25. The Hall–Kier alpha value is -0.900. The fraction of sp³-hybridized carbons (Fsp3) is 0.857. The van der Waals surface area contributed by atoms with E-state index in [0.717, 1.165) is 25.9 Å². The molecule has 0 bridgehead atoms. The lowest BCUT2D eigenvalue weighted by atomic mass is 10.0. The minimum Gasteiger partial charge on any atom is -0.462 e. The molecule has 4 heteroatoms. The second-order valence-corrected chi connectivity index (χ2v) is 6.52. The van der Waals surface area contributed by atoms with Gasteiger partial charge < -0.3 is 4.74 Å². The van der Waals surface area contributed by atoms with E-state index in [4.69, 9.17) is 0 Å². The maximum absolute atomic E-state index is 10.9. The number of hydrogen-bond donors (Lipinski definition) is 0. The van der Waals surface area contributed by atoms with Crippen molar-refractivity contribution in [2.24, 2.45) is 0 Å². The van der Waals surface area contributed by atoms with Crippen LogP contribution in [0.15, 0.2) is 0 Å². The van der Waals surface area contributed by atoms with E-state index in [-0.39, 0.29) is 11.1 Å². The van der Waals surface area contributed by atoms with Crippen LogP contribution >= 0.6 is 0 Å². The molecule has 18 heavy (non-hydrogen) atoms. The number of nitrogens with zero attached hydrogens (tertiary/aromatic N) is 1. The lowest BCUT2D eigenvalue weighted by molar-refractivity contribution is -0.138. The number of rotatable bonds is 1. The van der Waals surface area contributed by atoms with Crippen molar-refractivity contribution < 1.29 is 14.3 Å². The second-order valence-electron chi connectivity index (χ2n) is 6.52. The van der Waals surface area contributed by atoms with Crippen LogP contribution in [-0.4, -0.2) is 41.4 Å². The quantitative estimate of drug-likeness (QED) is 0.677. The van der Waals surface area contributed by atoms with Crippen LogP contribution < -0.4 is 0 Å². The molecule has 0 N–H and O–H groups in total. The highest BCUT2D eigenvalue weighted by Crippen LogP contribution is 2.17. The Kier molecular flexibility index (Phi) is 6.54. The first-order valence-electron chi connectivity index (χ1n) is 6.44. The first kappa shape index (κ1) is 17.1. The number of Topliss-reactive ketones (excluding diaryl/α,β-unsaturated/α-hetero) is 1. The zero-order valence-corrected chi connectivity index (χ0v) is 12.6. The molecule has 0 aromatic rings. The van der Waals surface area contributed by atoms with E-state index in [9.17, 15) is 9.59 Å². The molecule has 1 aliphatic rings. The van der Waals surface area contributed by atoms with Crippen molar-refractivity contribution in [1.29, 1.82) is 0 Å². The molecule has 0 spiro atoms. The van der Waals surface area contributed by atoms with Gasteiger partial charge in [-0.1, -0.05) is 0 Å². The van der Waals surface area contributed by atoms with Gasteiger partial charge in [0.1, 0.15) is 11.4 Å². The molecule has 1 rings (SSSR count). The molecule has 0 aromatic heterocycles. The van der Waals surface area contributed by atoms with Gasteiger partial charge in [0.2, 0.25) is 0 Å². The number of carbonyl (C=O) groups excluding carboxylic acids is 2. The zero-order valence-electron chi connectivity index (χ0n) is 12.6. The van der Waals surface area contributed by atoms with E-state index in [0.29, 0.717) is 12.3 Å². The lowest BCUT2D eigenvalue weighted by Crippen LogP contribution is -2.46. The molecule has 4 nitrogen and oxygen atoms in total. The van der Waals surface area contributed by atoms with Crippen LogP contribution in [0.2, 0.25) is 0 Å². The van der Waals surface area contributed by atoms with Crippen LogP contribution in [0.1, 0.15) is 54.4 Å². The summed E-state index contributed by atoms with van der Waals surface area (Å²) in [5.74, 6) is 0.422. The highest BCUT2D eigenvalue weighted by atomic mass is 16.5. The maximum atomic E-state index is 10.9. The van der Waals surface area contributed by atoms with E-state index < -0.39 is 0 Å². The van der Waals surface area contributed by atoms with Gasteiger partial charge in [0.05, 0.1) is 0 Å². The van der Waals surface area contributed by atoms with Gasteiger partial charge in [-0.15, -0.1) is 0 Å². The predicted molar refractivity (Wildman–Crippen MR) is 72.5 cm³/mol.